The highest BCUT2D eigenvalue weighted by Gasteiger charge is 2.29. The number of H-pyrrole nitrogens is 1. The van der Waals surface area contributed by atoms with E-state index in [1.165, 1.54) is 5.56 Å². The van der Waals surface area contributed by atoms with Crippen LogP contribution in [0.3, 0.4) is 0 Å². The van der Waals surface area contributed by atoms with Crippen molar-refractivity contribution in [2.24, 2.45) is 5.73 Å². The number of nitrogens with zero attached hydrogens (tertiary/aromatic N) is 3. The summed E-state index contributed by atoms with van der Waals surface area (Å²) in [6, 6.07) is 11.6. The molecule has 2 aliphatic rings. The number of amides is 3. The Kier molecular flexibility index (Phi) is 5.43. The number of aromatic nitrogens is 2. The van der Waals surface area contributed by atoms with Crippen molar-refractivity contribution in [2.75, 3.05) is 31.1 Å². The van der Waals surface area contributed by atoms with Crippen LogP contribution in [0.2, 0.25) is 0 Å². The fourth-order valence-electron chi connectivity index (χ4n) is 4.92. The Morgan fingerprint density at radius 1 is 1.09 bits per heavy atom. The molecule has 2 fully saturated rings. The lowest BCUT2D eigenvalue weighted by Crippen LogP contribution is -2.48. The van der Waals surface area contributed by atoms with E-state index in [2.05, 4.69) is 20.2 Å². The molecular formula is C24H28N6O2. The van der Waals surface area contributed by atoms with Crippen LogP contribution in [0, 0.1) is 0 Å². The molecule has 0 spiro atoms. The Balaban J connectivity index is 1.17. The molecule has 0 saturated carbocycles. The lowest BCUT2D eigenvalue weighted by Gasteiger charge is -2.33. The van der Waals surface area contributed by atoms with Crippen molar-refractivity contribution < 1.29 is 9.59 Å². The molecule has 2 aliphatic heterocycles. The minimum Gasteiger partial charge on any atom is -0.366 e. The predicted octanol–water partition coefficient (Wildman–Crippen LogP) is 2.83. The van der Waals surface area contributed by atoms with E-state index in [1.54, 1.807) is 12.3 Å². The largest absolute Gasteiger partial charge is 0.366 e. The Morgan fingerprint density at radius 3 is 2.69 bits per heavy atom. The minimum absolute atomic E-state index is 0.0197. The van der Waals surface area contributed by atoms with E-state index >= 15 is 0 Å². The van der Waals surface area contributed by atoms with Gasteiger partial charge in [0.25, 0.3) is 0 Å². The van der Waals surface area contributed by atoms with Crippen LogP contribution in [-0.4, -0.2) is 59.0 Å². The molecule has 166 valence electrons. The van der Waals surface area contributed by atoms with E-state index in [0.717, 1.165) is 62.2 Å². The van der Waals surface area contributed by atoms with Gasteiger partial charge in [0.05, 0.1) is 0 Å². The van der Waals surface area contributed by atoms with Crippen LogP contribution in [0.1, 0.15) is 41.1 Å². The molecule has 32 heavy (non-hydrogen) atoms. The molecule has 1 unspecified atom stereocenters. The van der Waals surface area contributed by atoms with Crippen molar-refractivity contribution in [2.45, 2.75) is 31.2 Å². The number of aromatic amines is 1. The third-order valence-corrected chi connectivity index (χ3v) is 6.71. The normalized spacial score (nSPS) is 19.4. The standard InChI is InChI=1S/C24H28N6O2/c25-23(31)17-4-5-21-19(13-17)20(14-27-21)16-6-10-29(11-7-16)24(32)28-18-8-12-30(15-18)22-3-1-2-9-26-22/h1-5,9,13-14,16,18,27H,6-8,10-12,15H2,(H2,25,31)(H,28,32). The summed E-state index contributed by atoms with van der Waals surface area (Å²) in [5, 5.41) is 4.25. The number of urea groups is 1. The summed E-state index contributed by atoms with van der Waals surface area (Å²) in [6.07, 6.45) is 6.54. The maximum atomic E-state index is 12.8. The molecule has 1 atom stereocenters. The van der Waals surface area contributed by atoms with Crippen molar-refractivity contribution >= 4 is 28.7 Å². The van der Waals surface area contributed by atoms with Gasteiger partial charge in [0, 0.05) is 61.1 Å². The molecule has 3 amide bonds. The molecule has 3 aromatic rings. The maximum Gasteiger partial charge on any atom is 0.317 e. The summed E-state index contributed by atoms with van der Waals surface area (Å²) >= 11 is 0. The molecule has 0 aliphatic carbocycles. The second-order valence-electron chi connectivity index (χ2n) is 8.70. The molecule has 2 saturated heterocycles. The van der Waals surface area contributed by atoms with E-state index in [4.69, 9.17) is 5.73 Å². The van der Waals surface area contributed by atoms with Gasteiger partial charge in [-0.25, -0.2) is 9.78 Å². The second-order valence-corrected chi connectivity index (χ2v) is 8.70. The zero-order chi connectivity index (χ0) is 22.1. The van der Waals surface area contributed by atoms with Crippen molar-refractivity contribution in [3.8, 4) is 0 Å². The quantitative estimate of drug-likeness (QED) is 0.589. The van der Waals surface area contributed by atoms with Gasteiger partial charge in [-0.3, -0.25) is 4.79 Å². The fraction of sp³-hybridized carbons (Fsp3) is 0.375. The number of carbonyl (C=O) groups is 2. The Hall–Kier alpha value is -3.55. The molecule has 4 N–H and O–H groups in total. The zero-order valence-electron chi connectivity index (χ0n) is 18.0. The number of primary amides is 1. The number of hydrogen-bond acceptors (Lipinski definition) is 4. The average molecular weight is 433 g/mol. The average Bonchev–Trinajstić information content (AvgIpc) is 3.46. The van der Waals surface area contributed by atoms with Crippen LogP contribution in [0.4, 0.5) is 10.6 Å². The van der Waals surface area contributed by atoms with Gasteiger partial charge < -0.3 is 25.8 Å². The lowest BCUT2D eigenvalue weighted by molar-refractivity contribution is 0.100. The van der Waals surface area contributed by atoms with Gasteiger partial charge in [-0.05, 0) is 61.1 Å². The molecule has 4 heterocycles. The molecule has 0 bridgehead atoms. The van der Waals surface area contributed by atoms with Crippen molar-refractivity contribution in [3.05, 3.63) is 59.9 Å². The molecule has 5 rings (SSSR count). The summed E-state index contributed by atoms with van der Waals surface area (Å²) < 4.78 is 0. The van der Waals surface area contributed by atoms with Crippen LogP contribution in [0.5, 0.6) is 0 Å². The zero-order valence-corrected chi connectivity index (χ0v) is 18.0. The maximum absolute atomic E-state index is 12.8. The van der Waals surface area contributed by atoms with Crippen LogP contribution in [-0.2, 0) is 0 Å². The van der Waals surface area contributed by atoms with Gasteiger partial charge in [0.2, 0.25) is 5.91 Å². The third-order valence-electron chi connectivity index (χ3n) is 6.71. The highest BCUT2D eigenvalue weighted by Crippen LogP contribution is 2.33. The van der Waals surface area contributed by atoms with Gasteiger partial charge in [-0.1, -0.05) is 6.07 Å². The third kappa shape index (κ3) is 4.00. The van der Waals surface area contributed by atoms with Gasteiger partial charge in [0.1, 0.15) is 5.82 Å². The highest BCUT2D eigenvalue weighted by atomic mass is 16.2. The number of benzene rings is 1. The first-order valence-corrected chi connectivity index (χ1v) is 11.2. The Labute approximate surface area is 186 Å². The monoisotopic (exact) mass is 432 g/mol. The molecule has 0 radical (unpaired) electrons. The Morgan fingerprint density at radius 2 is 1.94 bits per heavy atom. The number of hydrogen-bond donors (Lipinski definition) is 3. The second kappa shape index (κ2) is 8.53. The number of pyridine rings is 1. The summed E-state index contributed by atoms with van der Waals surface area (Å²) in [7, 11) is 0. The SMILES string of the molecule is NC(=O)c1ccc2[nH]cc(C3CCN(C(=O)NC4CCN(c5ccccn5)C4)CC3)c2c1. The van der Waals surface area contributed by atoms with Gasteiger partial charge >= 0.3 is 6.03 Å². The van der Waals surface area contributed by atoms with Crippen molar-refractivity contribution in [1.82, 2.24) is 20.2 Å². The van der Waals surface area contributed by atoms with E-state index in [1.807, 2.05) is 41.4 Å². The van der Waals surface area contributed by atoms with Gasteiger partial charge in [-0.2, -0.15) is 0 Å². The molecule has 1 aromatic carbocycles. The van der Waals surface area contributed by atoms with Crippen LogP contribution in [0.15, 0.2) is 48.8 Å². The van der Waals surface area contributed by atoms with Crippen LogP contribution in [0.25, 0.3) is 10.9 Å². The first kappa shape index (κ1) is 20.4. The lowest BCUT2D eigenvalue weighted by atomic mass is 9.89. The summed E-state index contributed by atoms with van der Waals surface area (Å²) in [4.78, 5) is 36.3. The number of rotatable bonds is 4. The number of likely N-dealkylation sites (tertiary alicyclic amines) is 1. The first-order valence-electron chi connectivity index (χ1n) is 11.2. The summed E-state index contributed by atoms with van der Waals surface area (Å²) in [6.45, 7) is 3.12. The molecule has 8 heteroatoms. The number of anilines is 1. The van der Waals surface area contributed by atoms with E-state index in [9.17, 15) is 9.59 Å². The van der Waals surface area contributed by atoms with Crippen LogP contribution >= 0.6 is 0 Å². The molecule has 2 aromatic heterocycles. The first-order chi connectivity index (χ1) is 15.6. The van der Waals surface area contributed by atoms with Crippen LogP contribution < -0.4 is 16.0 Å². The minimum atomic E-state index is -0.418. The van der Waals surface area contributed by atoms with E-state index in [-0.39, 0.29) is 12.1 Å². The smallest absolute Gasteiger partial charge is 0.317 e. The molecule has 8 nitrogen and oxygen atoms in total. The van der Waals surface area contributed by atoms with Crippen molar-refractivity contribution in [3.63, 3.8) is 0 Å². The van der Waals surface area contributed by atoms with Gasteiger partial charge in [-0.15, -0.1) is 0 Å². The number of nitrogens with one attached hydrogen (secondary N) is 2. The predicted molar refractivity (Wildman–Crippen MR) is 124 cm³/mol. The number of fused-ring (bicyclic) bond motifs is 1. The Bertz CT molecular complexity index is 1120. The van der Waals surface area contributed by atoms with E-state index in [0.29, 0.717) is 11.5 Å². The van der Waals surface area contributed by atoms with Crippen molar-refractivity contribution in [1.29, 1.82) is 0 Å². The number of carbonyl (C=O) groups excluding carboxylic acids is 2. The number of nitrogens with two attached hydrogens (primary N) is 1. The molecular weight excluding hydrogens is 404 g/mol. The van der Waals surface area contributed by atoms with Gasteiger partial charge in [0.15, 0.2) is 0 Å². The number of piperidine rings is 1. The topological polar surface area (TPSA) is 107 Å². The highest BCUT2D eigenvalue weighted by molar-refractivity contribution is 5.98. The fourth-order valence-corrected chi connectivity index (χ4v) is 4.92. The van der Waals surface area contributed by atoms with E-state index < -0.39 is 5.91 Å². The summed E-state index contributed by atoms with van der Waals surface area (Å²) in [5.74, 6) is 0.893. The summed E-state index contributed by atoms with van der Waals surface area (Å²) in [5.41, 5.74) is 8.18.